The van der Waals surface area contributed by atoms with Crippen LogP contribution >= 0.6 is 0 Å². The fourth-order valence-corrected chi connectivity index (χ4v) is 26.1. The molecule has 25 unspecified atom stereocenters. The highest BCUT2D eigenvalue weighted by atomic mass is 16.5. The minimum Gasteiger partial charge on any atom is -0.498 e. The molecule has 2 spiro atoms. The van der Waals surface area contributed by atoms with Gasteiger partial charge in [-0.3, -0.25) is 0 Å². The molecule has 1 heteroatoms. The van der Waals surface area contributed by atoms with E-state index in [1.165, 1.54) is 82.6 Å². The van der Waals surface area contributed by atoms with Crippen molar-refractivity contribution in [3.63, 3.8) is 0 Å². The third-order valence-corrected chi connectivity index (χ3v) is 26.2. The van der Waals surface area contributed by atoms with Gasteiger partial charge in [0, 0.05) is 22.2 Å². The predicted octanol–water partition coefficient (Wildman–Crippen LogP) is 14.7. The van der Waals surface area contributed by atoms with Gasteiger partial charge in [0.05, 0.1) is 12.4 Å². The molecule has 67 heavy (non-hydrogen) atoms. The van der Waals surface area contributed by atoms with Crippen LogP contribution < -0.4 is 0 Å². The van der Waals surface area contributed by atoms with Gasteiger partial charge < -0.3 is 4.74 Å². The molecule has 344 valence electrons. The number of aryl methyl sites for hydroxylation is 1. The lowest BCUT2D eigenvalue weighted by molar-refractivity contribution is -0.134. The van der Waals surface area contributed by atoms with Crippen LogP contribution in [0.3, 0.4) is 0 Å². The summed E-state index contributed by atoms with van der Waals surface area (Å²) < 4.78 is 6.64. The van der Waals surface area contributed by atoms with Crippen molar-refractivity contribution in [2.24, 2.45) is 141 Å². The Hall–Kier alpha value is -3.32. The van der Waals surface area contributed by atoms with Gasteiger partial charge in [-0.15, -0.1) is 0 Å². The van der Waals surface area contributed by atoms with E-state index in [2.05, 4.69) is 118 Å². The minimum atomic E-state index is -0.0834. The maximum absolute atomic E-state index is 6.64. The lowest BCUT2D eigenvalue weighted by atomic mass is 9.43. The fourth-order valence-electron chi connectivity index (χ4n) is 26.1. The topological polar surface area (TPSA) is 9.23 Å². The Bertz CT molecular complexity index is 2780. The zero-order valence-corrected chi connectivity index (χ0v) is 40.9. The maximum atomic E-state index is 6.64. The van der Waals surface area contributed by atoms with E-state index < -0.39 is 0 Å². The highest BCUT2D eigenvalue weighted by Gasteiger charge is 3.01. The van der Waals surface area contributed by atoms with Crippen LogP contribution in [-0.2, 0) is 10.2 Å². The van der Waals surface area contributed by atoms with Gasteiger partial charge in [-0.2, -0.15) is 0 Å². The maximum Gasteiger partial charge on any atom is 0.0928 e. The van der Waals surface area contributed by atoms with Crippen LogP contribution in [0.1, 0.15) is 109 Å². The number of unbranched alkanes of at least 4 members (excludes halogenated alkanes) is 9. The molecule has 25 atom stereocenters. The minimum absolute atomic E-state index is 0.0665. The molecule has 18 rings (SSSR count). The molecule has 0 radical (unpaired) electrons. The van der Waals surface area contributed by atoms with E-state index in [1.54, 1.807) is 11.1 Å². The van der Waals surface area contributed by atoms with Crippen LogP contribution in [0, 0.1) is 148 Å². The molecule has 1 nitrogen and oxygen atoms in total. The number of fused-ring (bicyclic) bond motifs is 4. The lowest BCUT2D eigenvalue weighted by Gasteiger charge is -2.61. The second-order valence-corrected chi connectivity index (χ2v) is 27.0. The number of hydrogen-bond acceptors (Lipinski definition) is 1. The quantitative estimate of drug-likeness (QED) is 0.0738. The highest BCUT2D eigenvalue weighted by Crippen LogP contribution is 3.04. The summed E-state index contributed by atoms with van der Waals surface area (Å²) >= 11 is 0. The molecular weight excluding hydrogens is 809 g/mol. The average molecular weight is 883 g/mol. The van der Waals surface area contributed by atoms with E-state index in [4.69, 9.17) is 4.74 Å². The fraction of sp³-hybridized carbons (Fsp3) is 0.636. The third-order valence-electron chi connectivity index (χ3n) is 26.2. The van der Waals surface area contributed by atoms with Crippen molar-refractivity contribution in [2.45, 2.75) is 110 Å². The third kappa shape index (κ3) is 3.67. The zero-order chi connectivity index (χ0) is 43.8. The number of benzene rings is 1. The molecule has 1 aromatic carbocycles. The molecule has 9 saturated carbocycles. The van der Waals surface area contributed by atoms with Crippen molar-refractivity contribution in [1.82, 2.24) is 0 Å². The Balaban J connectivity index is 0.826. The van der Waals surface area contributed by atoms with Gasteiger partial charge in [-0.25, -0.2) is 0 Å². The molecule has 0 aliphatic heterocycles. The number of hydrogen-bond donors (Lipinski definition) is 0. The second-order valence-electron chi connectivity index (χ2n) is 27.0. The van der Waals surface area contributed by atoms with Gasteiger partial charge in [-0.05, 0) is 204 Å². The Morgan fingerprint density at radius 1 is 0.582 bits per heavy atom. The van der Waals surface area contributed by atoms with Crippen LogP contribution in [-0.4, -0.2) is 6.61 Å². The molecule has 0 amide bonds. The van der Waals surface area contributed by atoms with E-state index in [1.807, 2.05) is 27.9 Å². The molecule has 17 aliphatic carbocycles. The van der Waals surface area contributed by atoms with Crippen LogP contribution in [0.15, 0.2) is 130 Å². The standard InChI is InChI=1S/C66H74O/c1-5-6-7-8-9-10-11-12-13-14-31-67-34(4)18-17-33(3)64(35-19-15-32(2)16-20-35)65-44-29-30-45-43-28-26-41-39-24-22-37-36-21-23-38-40-25-27-42(44)52-50(40)55-48(38)46(36)54-47(37)49(39)56-51(41)53(43)63(66(45,64)65)61-59(56)57(54)58(55)60(61)62(52)65/h15-21,23,25-30,36-41,45-52,54-60,62H,5-14,22,24,31H2,1-4H3/b33-17+,34-18+. The van der Waals surface area contributed by atoms with E-state index in [9.17, 15) is 0 Å². The van der Waals surface area contributed by atoms with Crippen molar-refractivity contribution in [1.29, 1.82) is 0 Å². The molecule has 0 aromatic heterocycles. The summed E-state index contributed by atoms with van der Waals surface area (Å²) in [5, 5.41) is 0. The van der Waals surface area contributed by atoms with Gasteiger partial charge in [0.25, 0.3) is 0 Å². The molecule has 9 fully saturated rings. The molecule has 0 N–H and O–H groups in total. The van der Waals surface area contributed by atoms with Crippen LogP contribution in [0.4, 0.5) is 0 Å². The number of rotatable bonds is 15. The lowest BCUT2D eigenvalue weighted by Crippen LogP contribution is -2.58. The summed E-state index contributed by atoms with van der Waals surface area (Å²) in [6.07, 6.45) is 44.9. The van der Waals surface area contributed by atoms with Crippen LogP contribution in [0.2, 0.25) is 0 Å². The van der Waals surface area contributed by atoms with Crippen molar-refractivity contribution in [3.05, 3.63) is 141 Å². The van der Waals surface area contributed by atoms with E-state index in [0.29, 0.717) is 11.8 Å². The van der Waals surface area contributed by atoms with Gasteiger partial charge >= 0.3 is 0 Å². The smallest absolute Gasteiger partial charge is 0.0928 e. The normalized spacial score (nSPS) is 54.7. The average Bonchev–Trinajstić information content (AvgIpc) is 3.98. The van der Waals surface area contributed by atoms with Crippen molar-refractivity contribution >= 4 is 0 Å². The largest absolute Gasteiger partial charge is 0.498 e. The van der Waals surface area contributed by atoms with Crippen LogP contribution in [0.25, 0.3) is 0 Å². The molecule has 0 bridgehead atoms. The molecule has 17 aliphatic rings. The Morgan fingerprint density at radius 2 is 1.25 bits per heavy atom. The monoisotopic (exact) mass is 883 g/mol. The zero-order valence-electron chi connectivity index (χ0n) is 40.9. The second kappa shape index (κ2) is 12.4. The first kappa shape index (κ1) is 38.4. The Kier molecular flexibility index (Phi) is 7.11. The first-order chi connectivity index (χ1) is 33.0. The summed E-state index contributed by atoms with van der Waals surface area (Å²) in [6, 6.07) is 10.4. The van der Waals surface area contributed by atoms with Gasteiger partial charge in [0.15, 0.2) is 0 Å². The highest BCUT2D eigenvalue weighted by molar-refractivity contribution is 5.85. The van der Waals surface area contributed by atoms with Gasteiger partial charge in [0.1, 0.15) is 0 Å². The predicted molar refractivity (Wildman–Crippen MR) is 267 cm³/mol. The molecule has 0 heterocycles. The Morgan fingerprint density at radius 3 is 2.07 bits per heavy atom. The Labute approximate surface area is 401 Å². The first-order valence-corrected chi connectivity index (χ1v) is 29.1. The van der Waals surface area contributed by atoms with Crippen molar-refractivity contribution < 1.29 is 4.74 Å². The first-order valence-electron chi connectivity index (χ1n) is 29.1. The molecule has 0 saturated heterocycles. The summed E-state index contributed by atoms with van der Waals surface area (Å²) in [4.78, 5) is 0. The van der Waals surface area contributed by atoms with E-state index in [-0.39, 0.29) is 16.2 Å². The van der Waals surface area contributed by atoms with Gasteiger partial charge in [0.2, 0.25) is 0 Å². The SMILES string of the molecule is CCCCCCCCCCCCO/C(C)=C/C=C(\C)C1(c2ccc(C)cc2)C23C4=C5C6C7C8C4=C4C=CC8C8CCC9C%10C=CC%11C%12C=CC%13=C(C=CC42)C13C1C%13C%12C2C%11C%10C(C9C87)C6C2C51. The number of allylic oxidation sites excluding steroid dienone is 18. The molecule has 1 aromatic rings. The van der Waals surface area contributed by atoms with Crippen molar-refractivity contribution in [2.75, 3.05) is 6.61 Å². The molecular formula is C66H74O. The summed E-state index contributed by atoms with van der Waals surface area (Å²) in [7, 11) is 0. The summed E-state index contributed by atoms with van der Waals surface area (Å²) in [6.45, 7) is 10.4. The van der Waals surface area contributed by atoms with E-state index in [0.717, 1.165) is 131 Å². The number of ether oxygens (including phenoxy) is 1. The van der Waals surface area contributed by atoms with Crippen molar-refractivity contribution in [3.8, 4) is 0 Å². The van der Waals surface area contributed by atoms with E-state index >= 15 is 0 Å². The van der Waals surface area contributed by atoms with Crippen LogP contribution in [0.5, 0.6) is 0 Å². The van der Waals surface area contributed by atoms with Gasteiger partial charge in [-0.1, -0.05) is 160 Å². The summed E-state index contributed by atoms with van der Waals surface area (Å²) in [5.74, 6) is 20.0. The summed E-state index contributed by atoms with van der Waals surface area (Å²) in [5.41, 5.74) is 16.4.